The summed E-state index contributed by atoms with van der Waals surface area (Å²) in [5, 5.41) is 3.63. The van der Waals surface area contributed by atoms with E-state index in [0.717, 1.165) is 25.0 Å². The second kappa shape index (κ2) is 6.95. The Bertz CT molecular complexity index is 599. The molecule has 2 nitrogen and oxygen atoms in total. The predicted molar refractivity (Wildman–Crippen MR) is 107 cm³/mol. The summed E-state index contributed by atoms with van der Waals surface area (Å²) in [4.78, 5) is 2.82. The lowest BCUT2D eigenvalue weighted by Gasteiger charge is -2.44. The van der Waals surface area contributed by atoms with Crippen molar-refractivity contribution in [3.63, 3.8) is 0 Å². The zero-order chi connectivity index (χ0) is 17.4. The molecule has 1 saturated heterocycles. The summed E-state index contributed by atoms with van der Waals surface area (Å²) >= 11 is 0. The van der Waals surface area contributed by atoms with Crippen LogP contribution in [0.3, 0.4) is 0 Å². The van der Waals surface area contributed by atoms with Gasteiger partial charge < -0.3 is 5.32 Å². The van der Waals surface area contributed by atoms with Crippen LogP contribution in [0.25, 0.3) is 0 Å². The van der Waals surface area contributed by atoms with Crippen LogP contribution in [0.2, 0.25) is 0 Å². The van der Waals surface area contributed by atoms with Crippen LogP contribution < -0.4 is 5.32 Å². The highest BCUT2D eigenvalue weighted by Crippen LogP contribution is 2.44. The van der Waals surface area contributed by atoms with Crippen molar-refractivity contribution in [3.8, 4) is 0 Å². The molecule has 0 aromatic heterocycles. The highest BCUT2D eigenvalue weighted by Gasteiger charge is 2.34. The number of hydrogen-bond donors (Lipinski definition) is 1. The Kier molecular flexibility index (Phi) is 4.83. The quantitative estimate of drug-likeness (QED) is 0.733. The van der Waals surface area contributed by atoms with Crippen molar-refractivity contribution in [3.05, 3.63) is 29.3 Å². The molecule has 0 spiro atoms. The third-order valence-electron chi connectivity index (χ3n) is 7.03. The average molecular weight is 341 g/mol. The molecule has 1 aliphatic carbocycles. The summed E-state index contributed by atoms with van der Waals surface area (Å²) in [7, 11) is 0. The highest BCUT2D eigenvalue weighted by atomic mass is 15.2. The Morgan fingerprint density at radius 3 is 2.68 bits per heavy atom. The Hall–Kier alpha value is -1.02. The minimum atomic E-state index is 0.342. The largest absolute Gasteiger partial charge is 0.385 e. The van der Waals surface area contributed by atoms with E-state index in [0.29, 0.717) is 11.3 Å². The van der Waals surface area contributed by atoms with Crippen LogP contribution in [0.4, 0.5) is 5.69 Å². The first-order chi connectivity index (χ1) is 12.0. The van der Waals surface area contributed by atoms with Gasteiger partial charge in [0.15, 0.2) is 0 Å². The van der Waals surface area contributed by atoms with Gasteiger partial charge in [-0.2, -0.15) is 0 Å². The van der Waals surface area contributed by atoms with Gasteiger partial charge in [-0.15, -0.1) is 0 Å². The Labute approximate surface area is 154 Å². The van der Waals surface area contributed by atoms with Gasteiger partial charge in [0, 0.05) is 24.8 Å². The Balaban J connectivity index is 1.55. The van der Waals surface area contributed by atoms with Crippen molar-refractivity contribution in [2.75, 3.05) is 18.4 Å². The van der Waals surface area contributed by atoms with Gasteiger partial charge in [-0.3, -0.25) is 4.90 Å². The van der Waals surface area contributed by atoms with Crippen LogP contribution >= 0.6 is 0 Å². The summed E-state index contributed by atoms with van der Waals surface area (Å²) in [6.07, 6.45) is 9.95. The molecule has 1 saturated carbocycles. The third-order valence-corrected chi connectivity index (χ3v) is 7.03. The number of likely N-dealkylation sites (tertiary alicyclic amines) is 1. The molecule has 1 aromatic carbocycles. The zero-order valence-corrected chi connectivity index (χ0v) is 16.5. The molecule has 1 unspecified atom stereocenters. The van der Waals surface area contributed by atoms with Crippen molar-refractivity contribution in [2.45, 2.75) is 84.2 Å². The van der Waals surface area contributed by atoms with Crippen LogP contribution in [-0.4, -0.2) is 24.0 Å². The third kappa shape index (κ3) is 3.60. The summed E-state index contributed by atoms with van der Waals surface area (Å²) in [5.74, 6) is 1.65. The van der Waals surface area contributed by atoms with Gasteiger partial charge in [0.05, 0.1) is 0 Å². The average Bonchev–Trinajstić information content (AvgIpc) is 2.61. The van der Waals surface area contributed by atoms with Crippen LogP contribution in [0.15, 0.2) is 18.2 Å². The van der Waals surface area contributed by atoms with Crippen LogP contribution in [0.1, 0.15) is 82.8 Å². The number of anilines is 1. The monoisotopic (exact) mass is 340 g/mol. The lowest BCUT2D eigenvalue weighted by molar-refractivity contribution is 0.0547. The van der Waals surface area contributed by atoms with Crippen molar-refractivity contribution in [1.29, 1.82) is 0 Å². The first-order valence-electron chi connectivity index (χ1n) is 10.6. The summed E-state index contributed by atoms with van der Waals surface area (Å²) in [5.41, 5.74) is 4.81. The molecular weight excluding hydrogens is 304 g/mol. The van der Waals surface area contributed by atoms with E-state index < -0.39 is 0 Å². The minimum Gasteiger partial charge on any atom is -0.385 e. The van der Waals surface area contributed by atoms with E-state index in [-0.39, 0.29) is 0 Å². The van der Waals surface area contributed by atoms with Gasteiger partial charge in [0.1, 0.15) is 0 Å². The molecule has 4 rings (SSSR count). The van der Waals surface area contributed by atoms with Crippen molar-refractivity contribution < 1.29 is 0 Å². The van der Waals surface area contributed by atoms with Gasteiger partial charge in [-0.05, 0) is 73.1 Å². The summed E-state index contributed by atoms with van der Waals surface area (Å²) in [6.45, 7) is 10.8. The number of hydrogen-bond acceptors (Lipinski definition) is 2. The van der Waals surface area contributed by atoms with Crippen molar-refractivity contribution >= 4 is 5.69 Å². The zero-order valence-electron chi connectivity index (χ0n) is 16.5. The van der Waals surface area contributed by atoms with E-state index in [1.807, 2.05) is 0 Å². The molecule has 0 bridgehead atoms. The molecule has 0 amide bonds. The number of piperidine rings is 1. The number of nitrogens with zero attached hydrogens (tertiary/aromatic N) is 1. The second-order valence-electron chi connectivity index (χ2n) is 9.78. The fourth-order valence-electron chi connectivity index (χ4n) is 5.72. The molecule has 3 atom stereocenters. The van der Waals surface area contributed by atoms with Gasteiger partial charge in [-0.1, -0.05) is 45.7 Å². The number of benzene rings is 1. The van der Waals surface area contributed by atoms with E-state index in [1.54, 1.807) is 5.56 Å². The number of rotatable bonds is 2. The molecular formula is C23H36N2. The fraction of sp³-hybridized carbons (Fsp3) is 0.739. The smallest absolute Gasteiger partial charge is 0.0375 e. The van der Waals surface area contributed by atoms with E-state index >= 15 is 0 Å². The van der Waals surface area contributed by atoms with E-state index in [2.05, 4.69) is 49.2 Å². The molecule has 2 fully saturated rings. The van der Waals surface area contributed by atoms with E-state index in [9.17, 15) is 0 Å². The molecule has 1 aromatic rings. The molecule has 3 aliphatic rings. The second-order valence-corrected chi connectivity index (χ2v) is 9.78. The van der Waals surface area contributed by atoms with E-state index in [1.165, 1.54) is 62.7 Å². The Morgan fingerprint density at radius 2 is 1.84 bits per heavy atom. The van der Waals surface area contributed by atoms with Crippen LogP contribution in [0.5, 0.6) is 0 Å². The SMILES string of the molecule is CC(C)(C)C1CCNc2ccc(CN3CCC[C@H]4CCCC[C@@H]43)cc21. The fourth-order valence-corrected chi connectivity index (χ4v) is 5.72. The summed E-state index contributed by atoms with van der Waals surface area (Å²) < 4.78 is 0. The van der Waals surface area contributed by atoms with E-state index in [4.69, 9.17) is 0 Å². The lowest BCUT2D eigenvalue weighted by atomic mass is 9.72. The van der Waals surface area contributed by atoms with Crippen LogP contribution in [-0.2, 0) is 6.54 Å². The molecule has 2 heteroatoms. The van der Waals surface area contributed by atoms with Crippen molar-refractivity contribution in [1.82, 2.24) is 4.90 Å². The highest BCUT2D eigenvalue weighted by molar-refractivity contribution is 5.56. The number of fused-ring (bicyclic) bond motifs is 2. The lowest BCUT2D eigenvalue weighted by Crippen LogP contribution is -2.46. The first kappa shape index (κ1) is 17.4. The molecule has 1 N–H and O–H groups in total. The molecule has 2 aliphatic heterocycles. The van der Waals surface area contributed by atoms with Gasteiger partial charge >= 0.3 is 0 Å². The standard InChI is InChI=1S/C23H36N2/c1-23(2,3)20-12-13-24-21-11-10-17(15-19(20)21)16-25-14-6-8-18-7-4-5-9-22(18)25/h10-11,15,18,20,22,24H,4-9,12-14,16H2,1-3H3/t18-,20?,22+/m1/s1. The maximum absolute atomic E-state index is 3.63. The maximum atomic E-state index is 3.63. The van der Waals surface area contributed by atoms with Gasteiger partial charge in [0.25, 0.3) is 0 Å². The number of nitrogens with one attached hydrogen (secondary N) is 1. The first-order valence-corrected chi connectivity index (χ1v) is 10.6. The topological polar surface area (TPSA) is 15.3 Å². The molecule has 0 radical (unpaired) electrons. The summed E-state index contributed by atoms with van der Waals surface area (Å²) in [6, 6.07) is 8.12. The van der Waals surface area contributed by atoms with Gasteiger partial charge in [-0.25, -0.2) is 0 Å². The molecule has 25 heavy (non-hydrogen) atoms. The minimum absolute atomic E-state index is 0.342. The molecule has 138 valence electrons. The normalized spacial score (nSPS) is 30.3. The van der Waals surface area contributed by atoms with Crippen molar-refractivity contribution in [2.24, 2.45) is 11.3 Å². The molecule has 2 heterocycles. The van der Waals surface area contributed by atoms with Gasteiger partial charge in [0.2, 0.25) is 0 Å². The maximum Gasteiger partial charge on any atom is 0.0375 e. The predicted octanol–water partition coefficient (Wildman–Crippen LogP) is 5.79. The van der Waals surface area contributed by atoms with Crippen LogP contribution in [0, 0.1) is 11.3 Å². The Morgan fingerprint density at radius 1 is 1.04 bits per heavy atom.